The summed E-state index contributed by atoms with van der Waals surface area (Å²) in [5.41, 5.74) is 5.78. The average Bonchev–Trinajstić information content (AvgIpc) is 2.91. The molecule has 0 bridgehead atoms. The lowest BCUT2D eigenvalue weighted by Gasteiger charge is -2.18. The van der Waals surface area contributed by atoms with Gasteiger partial charge in [-0.2, -0.15) is 0 Å². The minimum absolute atomic E-state index is 0.0775. The van der Waals surface area contributed by atoms with Crippen molar-refractivity contribution in [3.63, 3.8) is 0 Å². The van der Waals surface area contributed by atoms with Crippen molar-refractivity contribution in [3.8, 4) is 5.75 Å². The number of nitrogens with zero attached hydrogens (tertiary/aromatic N) is 1. The lowest BCUT2D eigenvalue weighted by Crippen LogP contribution is -2.25. The van der Waals surface area contributed by atoms with E-state index in [2.05, 4.69) is 37.5 Å². The van der Waals surface area contributed by atoms with E-state index in [0.29, 0.717) is 0 Å². The lowest BCUT2D eigenvalue weighted by molar-refractivity contribution is 0.137. The molecule has 0 aliphatic carbocycles. The van der Waals surface area contributed by atoms with Crippen LogP contribution in [0.15, 0.2) is 42.7 Å². The van der Waals surface area contributed by atoms with Crippen molar-refractivity contribution >= 4 is 0 Å². The maximum absolute atomic E-state index is 6.05. The van der Waals surface area contributed by atoms with Gasteiger partial charge in [0.1, 0.15) is 11.4 Å². The normalized spacial score (nSPS) is 16.1. The van der Waals surface area contributed by atoms with Gasteiger partial charge >= 0.3 is 0 Å². The van der Waals surface area contributed by atoms with Crippen molar-refractivity contribution in [1.82, 2.24) is 4.68 Å². The Morgan fingerprint density at radius 3 is 2.78 bits per heavy atom. The Hall–Kier alpha value is -1.90. The van der Waals surface area contributed by atoms with Crippen LogP contribution in [0, 0.1) is 0 Å². The second-order valence-electron chi connectivity index (χ2n) is 5.37. The van der Waals surface area contributed by atoms with E-state index in [1.807, 2.05) is 29.2 Å². The van der Waals surface area contributed by atoms with E-state index < -0.39 is 0 Å². The number of fused-ring (bicyclic) bond motifs is 1. The van der Waals surface area contributed by atoms with Gasteiger partial charge in [-0.25, -0.2) is 0 Å². The Morgan fingerprint density at radius 1 is 1.22 bits per heavy atom. The Labute approximate surface area is 107 Å². The zero-order valence-corrected chi connectivity index (χ0v) is 10.8. The molecular formula is C15H18N2O. The van der Waals surface area contributed by atoms with Crippen molar-refractivity contribution in [2.75, 3.05) is 5.43 Å². The Balaban J connectivity index is 1.80. The molecule has 3 rings (SSSR count). The van der Waals surface area contributed by atoms with E-state index in [-0.39, 0.29) is 5.60 Å². The van der Waals surface area contributed by atoms with Crippen LogP contribution in [0.4, 0.5) is 0 Å². The molecule has 0 saturated carbocycles. The lowest BCUT2D eigenvalue weighted by atomic mass is 10.0. The molecule has 1 aliphatic heterocycles. The molecule has 0 fully saturated rings. The van der Waals surface area contributed by atoms with Crippen LogP contribution in [0.1, 0.15) is 25.0 Å². The van der Waals surface area contributed by atoms with Crippen molar-refractivity contribution in [1.29, 1.82) is 0 Å². The number of nitrogens with one attached hydrogen (secondary N) is 1. The van der Waals surface area contributed by atoms with E-state index in [9.17, 15) is 0 Å². The minimum atomic E-state index is -0.0775. The van der Waals surface area contributed by atoms with Crippen LogP contribution in [-0.4, -0.2) is 10.3 Å². The van der Waals surface area contributed by atoms with Gasteiger partial charge in [-0.1, -0.05) is 18.2 Å². The highest BCUT2D eigenvalue weighted by Crippen LogP contribution is 2.37. The summed E-state index contributed by atoms with van der Waals surface area (Å²) in [5.74, 6) is 1.06. The summed E-state index contributed by atoms with van der Waals surface area (Å²) in [6.07, 6.45) is 4.97. The highest BCUT2D eigenvalue weighted by Gasteiger charge is 2.31. The molecular weight excluding hydrogens is 224 g/mol. The number of rotatable bonds is 3. The summed E-state index contributed by atoms with van der Waals surface area (Å²) in [7, 11) is 0. The Bertz CT molecular complexity index is 544. The van der Waals surface area contributed by atoms with E-state index in [1.54, 1.807) is 0 Å². The summed E-state index contributed by atoms with van der Waals surface area (Å²) in [5, 5.41) is 0. The van der Waals surface area contributed by atoms with Gasteiger partial charge in [0.05, 0.1) is 6.54 Å². The first-order valence-electron chi connectivity index (χ1n) is 6.31. The van der Waals surface area contributed by atoms with Crippen molar-refractivity contribution in [3.05, 3.63) is 53.9 Å². The van der Waals surface area contributed by atoms with Crippen LogP contribution < -0.4 is 10.2 Å². The van der Waals surface area contributed by atoms with Crippen LogP contribution in [0.2, 0.25) is 0 Å². The van der Waals surface area contributed by atoms with Crippen LogP contribution in [-0.2, 0) is 13.0 Å². The van der Waals surface area contributed by atoms with Crippen molar-refractivity contribution < 1.29 is 4.74 Å². The van der Waals surface area contributed by atoms with Crippen molar-refractivity contribution in [2.24, 2.45) is 0 Å². The zero-order chi connectivity index (χ0) is 12.6. The summed E-state index contributed by atoms with van der Waals surface area (Å²) in [4.78, 5) is 0. The fraction of sp³-hybridized carbons (Fsp3) is 0.333. The van der Waals surface area contributed by atoms with Gasteiger partial charge in [-0.15, -0.1) is 0 Å². The standard InChI is InChI=1S/C15H18N2O/c1-15(2)10-12-6-5-7-13(14(12)18-15)11-16-17-8-3-4-9-17/h3-9,16H,10-11H2,1-2H3. The molecule has 1 aliphatic rings. The maximum Gasteiger partial charge on any atom is 0.128 e. The van der Waals surface area contributed by atoms with E-state index >= 15 is 0 Å². The molecule has 0 saturated heterocycles. The smallest absolute Gasteiger partial charge is 0.128 e. The summed E-state index contributed by atoms with van der Waals surface area (Å²) in [6.45, 7) is 5.04. The number of para-hydroxylation sites is 1. The van der Waals surface area contributed by atoms with Gasteiger partial charge in [-0.3, -0.25) is 4.68 Å². The number of benzene rings is 1. The molecule has 3 nitrogen and oxygen atoms in total. The molecule has 0 spiro atoms. The molecule has 1 N–H and O–H groups in total. The molecule has 1 aromatic carbocycles. The molecule has 0 unspecified atom stereocenters. The Kier molecular flexibility index (Phi) is 2.54. The van der Waals surface area contributed by atoms with Crippen LogP contribution in [0.5, 0.6) is 5.75 Å². The van der Waals surface area contributed by atoms with E-state index in [1.165, 1.54) is 11.1 Å². The second-order valence-corrected chi connectivity index (χ2v) is 5.37. The predicted octanol–water partition coefficient (Wildman–Crippen LogP) is 2.95. The molecule has 2 aromatic rings. The van der Waals surface area contributed by atoms with Gasteiger partial charge < -0.3 is 10.2 Å². The number of aromatic nitrogens is 1. The molecule has 18 heavy (non-hydrogen) atoms. The topological polar surface area (TPSA) is 26.2 Å². The summed E-state index contributed by atoms with van der Waals surface area (Å²) < 4.78 is 8.00. The van der Waals surface area contributed by atoms with Gasteiger partial charge in [0.15, 0.2) is 0 Å². The maximum atomic E-state index is 6.05. The zero-order valence-electron chi connectivity index (χ0n) is 10.8. The monoisotopic (exact) mass is 242 g/mol. The molecule has 3 heteroatoms. The summed E-state index contributed by atoms with van der Waals surface area (Å²) in [6, 6.07) is 10.4. The number of ether oxygens (including phenoxy) is 1. The fourth-order valence-electron chi connectivity index (χ4n) is 2.43. The largest absolute Gasteiger partial charge is 0.487 e. The van der Waals surface area contributed by atoms with E-state index in [4.69, 9.17) is 4.74 Å². The quantitative estimate of drug-likeness (QED) is 0.895. The molecule has 0 atom stereocenters. The third-order valence-electron chi connectivity index (χ3n) is 3.23. The first kappa shape index (κ1) is 11.2. The average molecular weight is 242 g/mol. The fourth-order valence-corrected chi connectivity index (χ4v) is 2.43. The first-order valence-corrected chi connectivity index (χ1v) is 6.31. The summed E-state index contributed by atoms with van der Waals surface area (Å²) >= 11 is 0. The van der Waals surface area contributed by atoms with Crippen molar-refractivity contribution in [2.45, 2.75) is 32.4 Å². The predicted molar refractivity (Wildman–Crippen MR) is 72.3 cm³/mol. The van der Waals surface area contributed by atoms with Gasteiger partial charge in [-0.05, 0) is 31.5 Å². The number of hydrogen-bond acceptors (Lipinski definition) is 2. The minimum Gasteiger partial charge on any atom is -0.487 e. The molecule has 2 heterocycles. The van der Waals surface area contributed by atoms with Crippen LogP contribution >= 0.6 is 0 Å². The van der Waals surface area contributed by atoms with Gasteiger partial charge in [0.2, 0.25) is 0 Å². The van der Waals surface area contributed by atoms with Crippen LogP contribution in [0.3, 0.4) is 0 Å². The molecule has 94 valence electrons. The molecule has 0 radical (unpaired) electrons. The second kappa shape index (κ2) is 4.09. The number of hydrogen-bond donors (Lipinski definition) is 1. The molecule has 0 amide bonds. The van der Waals surface area contributed by atoms with Gasteiger partial charge in [0.25, 0.3) is 0 Å². The van der Waals surface area contributed by atoms with Gasteiger partial charge in [0, 0.05) is 24.4 Å². The highest BCUT2D eigenvalue weighted by atomic mass is 16.5. The third-order valence-corrected chi connectivity index (χ3v) is 3.23. The third kappa shape index (κ3) is 2.08. The van der Waals surface area contributed by atoms with Crippen LogP contribution in [0.25, 0.3) is 0 Å². The SMILES string of the molecule is CC1(C)Cc2cccc(CNn3cccc3)c2O1. The first-order chi connectivity index (χ1) is 8.64. The molecule has 1 aromatic heterocycles. The highest BCUT2D eigenvalue weighted by molar-refractivity contribution is 5.46. The van der Waals surface area contributed by atoms with E-state index in [0.717, 1.165) is 18.7 Å². The Morgan fingerprint density at radius 2 is 2.00 bits per heavy atom.